The number of ether oxygens (including phenoxy) is 3. The van der Waals surface area contributed by atoms with E-state index in [-0.39, 0.29) is 31.1 Å². The summed E-state index contributed by atoms with van der Waals surface area (Å²) in [6.07, 6.45) is 89.2. The lowest BCUT2D eigenvalue weighted by Gasteiger charge is -2.18. The van der Waals surface area contributed by atoms with E-state index < -0.39 is 6.10 Å². The lowest BCUT2D eigenvalue weighted by atomic mass is 10.0. The van der Waals surface area contributed by atoms with Gasteiger partial charge in [-0.2, -0.15) is 0 Å². The van der Waals surface area contributed by atoms with Crippen molar-refractivity contribution in [2.75, 3.05) is 13.2 Å². The second-order valence-corrected chi connectivity index (χ2v) is 25.2. The van der Waals surface area contributed by atoms with E-state index in [1.807, 2.05) is 0 Å². The molecule has 0 N–H and O–H groups in total. The molecule has 0 aliphatic carbocycles. The first-order chi connectivity index (χ1) is 40.5. The van der Waals surface area contributed by atoms with Gasteiger partial charge in [-0.1, -0.05) is 353 Å². The van der Waals surface area contributed by atoms with Crippen LogP contribution < -0.4 is 0 Å². The van der Waals surface area contributed by atoms with Gasteiger partial charge in [0.1, 0.15) is 13.2 Å². The maximum absolute atomic E-state index is 12.9. The van der Waals surface area contributed by atoms with Crippen molar-refractivity contribution in [3.8, 4) is 0 Å². The van der Waals surface area contributed by atoms with Crippen molar-refractivity contribution in [3.63, 3.8) is 0 Å². The maximum Gasteiger partial charge on any atom is 0.306 e. The van der Waals surface area contributed by atoms with Crippen LogP contribution in [0.15, 0.2) is 36.5 Å². The molecular weight excluding hydrogens is 1010 g/mol. The monoisotopic (exact) mass is 1150 g/mol. The van der Waals surface area contributed by atoms with Crippen LogP contribution in [-0.4, -0.2) is 37.2 Å². The molecule has 6 nitrogen and oxygen atoms in total. The minimum Gasteiger partial charge on any atom is -0.462 e. The summed E-state index contributed by atoms with van der Waals surface area (Å²) in [5, 5.41) is 0. The number of hydrogen-bond donors (Lipinski definition) is 0. The van der Waals surface area contributed by atoms with Crippen molar-refractivity contribution >= 4 is 17.9 Å². The number of hydrogen-bond acceptors (Lipinski definition) is 6. The number of allylic oxidation sites excluding steroid dienone is 6. The number of esters is 3. The molecule has 0 amide bonds. The third-order valence-electron chi connectivity index (χ3n) is 16.9. The molecule has 0 heterocycles. The normalized spacial score (nSPS) is 12.2. The number of rotatable bonds is 69. The second kappa shape index (κ2) is 71.1. The average molecular weight is 1150 g/mol. The zero-order chi connectivity index (χ0) is 59.2. The van der Waals surface area contributed by atoms with E-state index in [1.54, 1.807) is 0 Å². The summed E-state index contributed by atoms with van der Waals surface area (Å²) in [6.45, 7) is 6.65. The minimum absolute atomic E-state index is 0.0764. The molecule has 0 aliphatic rings. The molecule has 0 aromatic rings. The van der Waals surface area contributed by atoms with E-state index in [2.05, 4.69) is 57.2 Å². The largest absolute Gasteiger partial charge is 0.462 e. The van der Waals surface area contributed by atoms with E-state index in [0.29, 0.717) is 19.3 Å². The topological polar surface area (TPSA) is 78.9 Å². The Labute approximate surface area is 512 Å². The fourth-order valence-corrected chi connectivity index (χ4v) is 11.3. The second-order valence-electron chi connectivity index (χ2n) is 25.2. The highest BCUT2D eigenvalue weighted by atomic mass is 16.6. The summed E-state index contributed by atoms with van der Waals surface area (Å²) < 4.78 is 16.9. The van der Waals surface area contributed by atoms with E-state index in [9.17, 15) is 14.4 Å². The molecule has 482 valence electrons. The fourth-order valence-electron chi connectivity index (χ4n) is 11.3. The van der Waals surface area contributed by atoms with Crippen LogP contribution in [0.1, 0.15) is 412 Å². The highest BCUT2D eigenvalue weighted by Crippen LogP contribution is 2.19. The predicted molar refractivity (Wildman–Crippen MR) is 358 cm³/mol. The molecule has 0 aromatic carbocycles. The lowest BCUT2D eigenvalue weighted by molar-refractivity contribution is -0.167. The van der Waals surface area contributed by atoms with Crippen LogP contribution in [-0.2, 0) is 28.6 Å². The minimum atomic E-state index is -0.782. The summed E-state index contributed by atoms with van der Waals surface area (Å²) in [5.41, 5.74) is 0. The summed E-state index contributed by atoms with van der Waals surface area (Å²) >= 11 is 0. The molecule has 0 aromatic heterocycles. The standard InChI is InChI=1S/C76H142O6/c1-4-7-10-13-16-19-22-25-28-29-30-31-32-33-34-35-36-37-38-39-40-41-42-43-44-45-46-47-49-51-54-57-60-63-66-69-75(78)81-72-73(71-80-74(77)68-65-62-59-56-53-50-27-24-21-18-15-12-9-6-3)82-76(79)70-67-64-61-58-55-52-48-26-23-20-17-14-11-8-5-2/h17,20,24,26-27,48,73H,4-16,18-19,21-23,25,28-47,49-72H2,1-3H3/b20-17-,27-24-,48-26-. The van der Waals surface area contributed by atoms with E-state index in [4.69, 9.17) is 14.2 Å². The van der Waals surface area contributed by atoms with Gasteiger partial charge in [0.15, 0.2) is 6.10 Å². The van der Waals surface area contributed by atoms with Crippen LogP contribution in [0.25, 0.3) is 0 Å². The van der Waals surface area contributed by atoms with Gasteiger partial charge in [-0.05, 0) is 77.0 Å². The molecule has 0 rings (SSSR count). The van der Waals surface area contributed by atoms with Gasteiger partial charge in [-0.15, -0.1) is 0 Å². The van der Waals surface area contributed by atoms with Crippen molar-refractivity contribution in [1.29, 1.82) is 0 Å². The van der Waals surface area contributed by atoms with Gasteiger partial charge in [-0.25, -0.2) is 0 Å². The zero-order valence-corrected chi connectivity index (χ0v) is 55.5. The van der Waals surface area contributed by atoms with Crippen LogP contribution in [0.4, 0.5) is 0 Å². The summed E-state index contributed by atoms with van der Waals surface area (Å²) in [5.74, 6) is -0.874. The Morgan fingerprint density at radius 3 is 0.707 bits per heavy atom. The summed E-state index contributed by atoms with van der Waals surface area (Å²) in [4.78, 5) is 38.4. The predicted octanol–water partition coefficient (Wildman–Crippen LogP) is 25.5. The molecule has 0 fully saturated rings. The average Bonchev–Trinajstić information content (AvgIpc) is 3.47. The number of carbonyl (C=O) groups is 3. The van der Waals surface area contributed by atoms with Crippen LogP contribution in [0.2, 0.25) is 0 Å². The van der Waals surface area contributed by atoms with Crippen LogP contribution >= 0.6 is 0 Å². The van der Waals surface area contributed by atoms with Gasteiger partial charge in [0, 0.05) is 19.3 Å². The Bertz CT molecular complexity index is 1370. The third kappa shape index (κ3) is 68.4. The highest BCUT2D eigenvalue weighted by molar-refractivity contribution is 5.71. The molecular formula is C76H142O6. The number of carbonyl (C=O) groups excluding carboxylic acids is 3. The van der Waals surface area contributed by atoms with Crippen molar-refractivity contribution in [3.05, 3.63) is 36.5 Å². The van der Waals surface area contributed by atoms with Gasteiger partial charge >= 0.3 is 17.9 Å². The molecule has 0 saturated carbocycles. The zero-order valence-electron chi connectivity index (χ0n) is 55.5. The van der Waals surface area contributed by atoms with Gasteiger partial charge in [0.2, 0.25) is 0 Å². The molecule has 1 unspecified atom stereocenters. The van der Waals surface area contributed by atoms with E-state index in [1.165, 1.54) is 283 Å². The Morgan fingerprint density at radius 1 is 0.244 bits per heavy atom. The first kappa shape index (κ1) is 79.6. The Balaban J connectivity index is 4.06. The summed E-state index contributed by atoms with van der Waals surface area (Å²) in [6, 6.07) is 0. The Morgan fingerprint density at radius 2 is 0.439 bits per heavy atom. The first-order valence-corrected chi connectivity index (χ1v) is 37.0. The smallest absolute Gasteiger partial charge is 0.306 e. The van der Waals surface area contributed by atoms with Crippen molar-refractivity contribution in [2.24, 2.45) is 0 Å². The van der Waals surface area contributed by atoms with Gasteiger partial charge in [-0.3, -0.25) is 14.4 Å². The molecule has 6 heteroatoms. The van der Waals surface area contributed by atoms with Crippen molar-refractivity contribution < 1.29 is 28.6 Å². The van der Waals surface area contributed by atoms with E-state index in [0.717, 1.165) is 89.9 Å². The quantitative estimate of drug-likeness (QED) is 0.0261. The molecule has 0 saturated heterocycles. The maximum atomic E-state index is 12.9. The first-order valence-electron chi connectivity index (χ1n) is 37.0. The molecule has 0 radical (unpaired) electrons. The summed E-state index contributed by atoms with van der Waals surface area (Å²) in [7, 11) is 0. The molecule has 0 spiro atoms. The molecule has 1 atom stereocenters. The van der Waals surface area contributed by atoms with Gasteiger partial charge in [0.05, 0.1) is 0 Å². The van der Waals surface area contributed by atoms with Crippen molar-refractivity contribution in [2.45, 2.75) is 419 Å². The van der Waals surface area contributed by atoms with Crippen LogP contribution in [0.5, 0.6) is 0 Å². The van der Waals surface area contributed by atoms with Crippen LogP contribution in [0, 0.1) is 0 Å². The Hall–Kier alpha value is -2.37. The van der Waals surface area contributed by atoms with E-state index >= 15 is 0 Å². The van der Waals surface area contributed by atoms with Crippen molar-refractivity contribution in [1.82, 2.24) is 0 Å². The molecule has 82 heavy (non-hydrogen) atoms. The van der Waals surface area contributed by atoms with Crippen LogP contribution in [0.3, 0.4) is 0 Å². The van der Waals surface area contributed by atoms with Gasteiger partial charge in [0.25, 0.3) is 0 Å². The lowest BCUT2D eigenvalue weighted by Crippen LogP contribution is -2.30. The van der Waals surface area contributed by atoms with Gasteiger partial charge < -0.3 is 14.2 Å². The Kier molecular flexibility index (Phi) is 69.1. The fraction of sp³-hybridized carbons (Fsp3) is 0.882. The highest BCUT2D eigenvalue weighted by Gasteiger charge is 2.19. The number of unbranched alkanes of at least 4 members (excludes halogenated alkanes) is 52. The molecule has 0 aliphatic heterocycles. The third-order valence-corrected chi connectivity index (χ3v) is 16.9. The SMILES string of the molecule is CCCCC/C=C\C/C=C\CCCCCCCC(=O)OC(COC(=O)CCCCCCC/C=C\CCCCCCC)COC(=O)CCCCCCCCCCCCCCCCCCCCCCCCCCCCCCCCCCCCC. The molecule has 0 bridgehead atoms.